The van der Waals surface area contributed by atoms with Gasteiger partial charge < -0.3 is 0 Å². The van der Waals surface area contributed by atoms with Crippen LogP contribution in [-0.2, 0) is 0 Å². The molecule has 0 heterocycles. The molecule has 0 aliphatic heterocycles. The Bertz CT molecular complexity index is 466. The summed E-state index contributed by atoms with van der Waals surface area (Å²) in [4.78, 5) is 0. The molecule has 0 saturated heterocycles. The largest absolute Gasteiger partial charge is 0.204 e. The summed E-state index contributed by atoms with van der Waals surface area (Å²) in [5.74, 6) is -1.66. The van der Waals surface area contributed by atoms with E-state index in [0.717, 1.165) is 6.07 Å². The van der Waals surface area contributed by atoms with E-state index in [9.17, 15) is 8.78 Å². The van der Waals surface area contributed by atoms with Gasteiger partial charge in [0.15, 0.2) is 11.6 Å². The van der Waals surface area contributed by atoms with E-state index in [1.54, 1.807) is 6.07 Å². The second-order valence-corrected chi connectivity index (χ2v) is 3.16. The SMILES string of the molecule is Fc1ccc2cc(Cl)ccc2c1F. The van der Waals surface area contributed by atoms with Crippen molar-refractivity contribution in [3.05, 3.63) is 47.0 Å². The van der Waals surface area contributed by atoms with Gasteiger partial charge in [-0.25, -0.2) is 8.78 Å². The lowest BCUT2D eigenvalue weighted by Gasteiger charge is -2.00. The zero-order valence-corrected chi connectivity index (χ0v) is 7.28. The van der Waals surface area contributed by atoms with Crippen LogP contribution in [0, 0.1) is 11.6 Å². The van der Waals surface area contributed by atoms with Crippen LogP contribution in [0.25, 0.3) is 10.8 Å². The first-order valence-corrected chi connectivity index (χ1v) is 4.09. The third-order valence-corrected chi connectivity index (χ3v) is 2.10. The van der Waals surface area contributed by atoms with E-state index >= 15 is 0 Å². The fraction of sp³-hybridized carbons (Fsp3) is 0. The number of fused-ring (bicyclic) bond motifs is 1. The second kappa shape index (κ2) is 2.96. The maximum Gasteiger partial charge on any atom is 0.166 e. The van der Waals surface area contributed by atoms with Crippen LogP contribution in [0.1, 0.15) is 0 Å². The monoisotopic (exact) mass is 198 g/mol. The lowest BCUT2D eigenvalue weighted by molar-refractivity contribution is 0.517. The van der Waals surface area contributed by atoms with E-state index in [1.807, 2.05) is 0 Å². The Hall–Kier alpha value is -1.15. The molecule has 0 unspecified atom stereocenters. The Morgan fingerprint density at radius 2 is 1.77 bits per heavy atom. The molecule has 3 heteroatoms. The quantitative estimate of drug-likeness (QED) is 0.605. The van der Waals surface area contributed by atoms with Crippen molar-refractivity contribution >= 4 is 22.4 Å². The molecule has 13 heavy (non-hydrogen) atoms. The van der Waals surface area contributed by atoms with Gasteiger partial charge in [0.05, 0.1) is 0 Å². The fourth-order valence-corrected chi connectivity index (χ4v) is 1.42. The molecule has 2 aromatic rings. The van der Waals surface area contributed by atoms with Crippen LogP contribution in [0.2, 0.25) is 5.02 Å². The third-order valence-electron chi connectivity index (χ3n) is 1.87. The highest BCUT2D eigenvalue weighted by molar-refractivity contribution is 6.31. The normalized spacial score (nSPS) is 10.7. The van der Waals surface area contributed by atoms with Crippen LogP contribution in [-0.4, -0.2) is 0 Å². The van der Waals surface area contributed by atoms with Crippen molar-refractivity contribution in [2.24, 2.45) is 0 Å². The molecule has 0 N–H and O–H groups in total. The minimum Gasteiger partial charge on any atom is -0.204 e. The van der Waals surface area contributed by atoms with Crippen LogP contribution in [0.3, 0.4) is 0 Å². The van der Waals surface area contributed by atoms with Crippen LogP contribution < -0.4 is 0 Å². The standard InChI is InChI=1S/C10H5ClF2/c11-7-2-3-8-6(5-7)1-4-9(12)10(8)13/h1-5H. The average Bonchev–Trinajstić information content (AvgIpc) is 2.12. The predicted molar refractivity (Wildman–Crippen MR) is 48.9 cm³/mol. The molecule has 0 saturated carbocycles. The first-order valence-electron chi connectivity index (χ1n) is 3.72. The summed E-state index contributed by atoms with van der Waals surface area (Å²) >= 11 is 5.69. The van der Waals surface area contributed by atoms with Gasteiger partial charge in [0.25, 0.3) is 0 Å². The van der Waals surface area contributed by atoms with E-state index in [2.05, 4.69) is 0 Å². The van der Waals surface area contributed by atoms with Gasteiger partial charge in [0.1, 0.15) is 0 Å². The van der Waals surface area contributed by atoms with E-state index < -0.39 is 11.6 Å². The molecule has 0 aliphatic carbocycles. The van der Waals surface area contributed by atoms with Crippen molar-refractivity contribution < 1.29 is 8.78 Å². The third kappa shape index (κ3) is 1.38. The topological polar surface area (TPSA) is 0 Å². The number of rotatable bonds is 0. The van der Waals surface area contributed by atoms with Gasteiger partial charge in [-0.15, -0.1) is 0 Å². The van der Waals surface area contributed by atoms with Crippen molar-refractivity contribution in [1.29, 1.82) is 0 Å². The van der Waals surface area contributed by atoms with Crippen molar-refractivity contribution in [2.45, 2.75) is 0 Å². The molecule has 0 fully saturated rings. The highest BCUT2D eigenvalue weighted by Crippen LogP contribution is 2.23. The highest BCUT2D eigenvalue weighted by atomic mass is 35.5. The number of hydrogen-bond acceptors (Lipinski definition) is 0. The first kappa shape index (κ1) is 8.45. The molecule has 0 aliphatic rings. The Labute approximate surface area is 78.7 Å². The fourth-order valence-electron chi connectivity index (χ4n) is 1.24. The van der Waals surface area contributed by atoms with Gasteiger partial charge in [0, 0.05) is 10.4 Å². The molecule has 66 valence electrons. The maximum absolute atomic E-state index is 13.1. The van der Waals surface area contributed by atoms with E-state index in [4.69, 9.17) is 11.6 Å². The zero-order chi connectivity index (χ0) is 9.42. The number of benzene rings is 2. The lowest BCUT2D eigenvalue weighted by atomic mass is 10.1. The molecule has 0 amide bonds. The van der Waals surface area contributed by atoms with Crippen LogP contribution in [0.4, 0.5) is 8.78 Å². The summed E-state index contributed by atoms with van der Waals surface area (Å²) in [6, 6.07) is 7.19. The molecule has 0 radical (unpaired) electrons. The van der Waals surface area contributed by atoms with E-state index in [-0.39, 0.29) is 5.39 Å². The molecule has 0 bridgehead atoms. The smallest absolute Gasteiger partial charge is 0.166 e. The average molecular weight is 199 g/mol. The second-order valence-electron chi connectivity index (χ2n) is 2.73. The molecular formula is C10H5ClF2. The van der Waals surface area contributed by atoms with Crippen molar-refractivity contribution in [2.75, 3.05) is 0 Å². The Balaban J connectivity index is 2.87. The van der Waals surface area contributed by atoms with Crippen molar-refractivity contribution in [3.63, 3.8) is 0 Å². The molecule has 0 nitrogen and oxygen atoms in total. The molecular weight excluding hydrogens is 194 g/mol. The Morgan fingerprint density at radius 1 is 1.00 bits per heavy atom. The summed E-state index contributed by atoms with van der Waals surface area (Å²) in [5.41, 5.74) is 0. The summed E-state index contributed by atoms with van der Waals surface area (Å²) in [6.07, 6.45) is 0. The van der Waals surface area contributed by atoms with E-state index in [1.165, 1.54) is 18.2 Å². The minimum atomic E-state index is -0.838. The van der Waals surface area contributed by atoms with Gasteiger partial charge in [-0.3, -0.25) is 0 Å². The van der Waals surface area contributed by atoms with Crippen molar-refractivity contribution in [3.8, 4) is 0 Å². The maximum atomic E-state index is 13.1. The Kier molecular flexibility index (Phi) is 1.93. The van der Waals surface area contributed by atoms with Crippen LogP contribution in [0.5, 0.6) is 0 Å². The van der Waals surface area contributed by atoms with Crippen molar-refractivity contribution in [1.82, 2.24) is 0 Å². The van der Waals surface area contributed by atoms with Crippen LogP contribution in [0.15, 0.2) is 30.3 Å². The molecule has 0 atom stereocenters. The summed E-state index contributed by atoms with van der Waals surface area (Å²) in [6.45, 7) is 0. The highest BCUT2D eigenvalue weighted by Gasteiger charge is 2.06. The van der Waals surface area contributed by atoms with Gasteiger partial charge in [0.2, 0.25) is 0 Å². The summed E-state index contributed by atoms with van der Waals surface area (Å²) < 4.78 is 25.9. The zero-order valence-electron chi connectivity index (χ0n) is 6.52. The molecule has 0 aromatic heterocycles. The predicted octanol–water partition coefficient (Wildman–Crippen LogP) is 3.77. The van der Waals surface area contributed by atoms with Gasteiger partial charge in [-0.2, -0.15) is 0 Å². The van der Waals surface area contributed by atoms with Crippen LogP contribution >= 0.6 is 11.6 Å². The summed E-state index contributed by atoms with van der Waals surface area (Å²) in [5, 5.41) is 1.37. The summed E-state index contributed by atoms with van der Waals surface area (Å²) in [7, 11) is 0. The lowest BCUT2D eigenvalue weighted by Crippen LogP contribution is -1.85. The minimum absolute atomic E-state index is 0.254. The molecule has 2 aromatic carbocycles. The first-order chi connectivity index (χ1) is 6.18. The van der Waals surface area contributed by atoms with E-state index in [0.29, 0.717) is 10.4 Å². The number of hydrogen-bond donors (Lipinski definition) is 0. The van der Waals surface area contributed by atoms with Gasteiger partial charge >= 0.3 is 0 Å². The Morgan fingerprint density at radius 3 is 2.54 bits per heavy atom. The van der Waals surface area contributed by atoms with Gasteiger partial charge in [-0.05, 0) is 29.7 Å². The molecule has 0 spiro atoms. The molecule has 2 rings (SSSR count). The van der Waals surface area contributed by atoms with Gasteiger partial charge in [-0.1, -0.05) is 17.7 Å². The number of halogens is 3.